The first kappa shape index (κ1) is 16.4. The van der Waals surface area contributed by atoms with Crippen LogP contribution in [0.25, 0.3) is 0 Å². The molecule has 1 aromatic heterocycles. The lowest BCUT2D eigenvalue weighted by molar-refractivity contribution is 0.376. The standard InChI is InChI=1S/C14H17F2N7/c1-9(15)21-14(22-11-6-20-23(2)7-11)19-8-18-13-5-10(17)3-4-12(13)16/h3-9H,17H2,1-2H3,(H2,18,19,21,22). The number of nitrogen functional groups attached to an aromatic ring is 1. The number of alkyl halides is 1. The molecule has 0 fully saturated rings. The maximum atomic E-state index is 13.6. The van der Waals surface area contributed by atoms with E-state index < -0.39 is 12.1 Å². The van der Waals surface area contributed by atoms with Gasteiger partial charge in [-0.3, -0.25) is 4.68 Å². The molecule has 1 atom stereocenters. The van der Waals surface area contributed by atoms with Crippen LogP contribution in [0.4, 0.5) is 25.8 Å². The maximum absolute atomic E-state index is 13.6. The highest BCUT2D eigenvalue weighted by Gasteiger charge is 2.04. The molecule has 23 heavy (non-hydrogen) atoms. The normalized spacial score (nSPS) is 13.3. The Bertz CT molecular complexity index is 722. The summed E-state index contributed by atoms with van der Waals surface area (Å²) in [7, 11) is 1.74. The second-order valence-corrected chi connectivity index (χ2v) is 4.70. The van der Waals surface area contributed by atoms with Crippen LogP contribution in [-0.2, 0) is 7.05 Å². The van der Waals surface area contributed by atoms with Crippen molar-refractivity contribution >= 4 is 29.4 Å². The van der Waals surface area contributed by atoms with E-state index in [-0.39, 0.29) is 11.6 Å². The van der Waals surface area contributed by atoms with Crippen molar-refractivity contribution in [1.82, 2.24) is 9.78 Å². The third kappa shape index (κ3) is 5.06. The van der Waals surface area contributed by atoms with Crippen molar-refractivity contribution in [2.24, 2.45) is 17.0 Å². The van der Waals surface area contributed by atoms with Crippen LogP contribution in [-0.4, -0.2) is 28.4 Å². The van der Waals surface area contributed by atoms with E-state index in [1.54, 1.807) is 24.1 Å². The van der Waals surface area contributed by atoms with E-state index in [4.69, 9.17) is 5.73 Å². The van der Waals surface area contributed by atoms with Gasteiger partial charge in [0.15, 0.2) is 6.30 Å². The number of benzene rings is 1. The minimum atomic E-state index is -1.45. The van der Waals surface area contributed by atoms with Gasteiger partial charge in [-0.1, -0.05) is 0 Å². The van der Waals surface area contributed by atoms with Crippen molar-refractivity contribution in [2.45, 2.75) is 13.2 Å². The zero-order chi connectivity index (χ0) is 16.8. The van der Waals surface area contributed by atoms with Gasteiger partial charge in [0.25, 0.3) is 0 Å². The molecule has 4 N–H and O–H groups in total. The van der Waals surface area contributed by atoms with Gasteiger partial charge < -0.3 is 16.4 Å². The van der Waals surface area contributed by atoms with Crippen LogP contribution in [0, 0.1) is 5.82 Å². The minimum absolute atomic E-state index is 0.0183. The van der Waals surface area contributed by atoms with Crippen molar-refractivity contribution in [3.63, 3.8) is 0 Å². The molecular formula is C14H17F2N7. The summed E-state index contributed by atoms with van der Waals surface area (Å²) in [4.78, 5) is 7.65. The Balaban J connectivity index is 2.09. The molecule has 122 valence electrons. The van der Waals surface area contributed by atoms with Gasteiger partial charge in [0, 0.05) is 18.9 Å². The molecule has 0 aliphatic heterocycles. The fraction of sp³-hybridized carbons (Fsp3) is 0.214. The number of hydrogen-bond donors (Lipinski definition) is 3. The number of nitrogens with one attached hydrogen (secondary N) is 2. The Hall–Kier alpha value is -2.97. The third-order valence-electron chi connectivity index (χ3n) is 2.66. The predicted octanol–water partition coefficient (Wildman–Crippen LogP) is 2.37. The molecule has 2 aromatic rings. The maximum Gasteiger partial charge on any atom is 0.226 e. The number of aryl methyl sites for hydroxylation is 1. The van der Waals surface area contributed by atoms with Crippen LogP contribution in [0.1, 0.15) is 6.92 Å². The number of nitrogens with zero attached hydrogens (tertiary/aromatic N) is 4. The molecule has 0 aliphatic rings. The minimum Gasteiger partial charge on any atom is -0.399 e. The summed E-state index contributed by atoms with van der Waals surface area (Å²) in [6.45, 7) is 1.27. The summed E-state index contributed by atoms with van der Waals surface area (Å²) < 4.78 is 28.2. The molecular weight excluding hydrogens is 304 g/mol. The number of hydrogen-bond acceptors (Lipinski definition) is 3. The molecule has 9 heteroatoms. The Morgan fingerprint density at radius 2 is 2.26 bits per heavy atom. The van der Waals surface area contributed by atoms with Gasteiger partial charge in [-0.05, 0) is 25.1 Å². The van der Waals surface area contributed by atoms with Crippen LogP contribution >= 0.6 is 0 Å². The average molecular weight is 321 g/mol. The van der Waals surface area contributed by atoms with Gasteiger partial charge in [0.1, 0.15) is 5.82 Å². The van der Waals surface area contributed by atoms with E-state index in [2.05, 4.69) is 25.7 Å². The summed E-state index contributed by atoms with van der Waals surface area (Å²) in [5.41, 5.74) is 6.74. The Morgan fingerprint density at radius 3 is 2.91 bits per heavy atom. The molecule has 0 bridgehead atoms. The van der Waals surface area contributed by atoms with Crippen LogP contribution in [0.3, 0.4) is 0 Å². The van der Waals surface area contributed by atoms with Crippen LogP contribution in [0.5, 0.6) is 0 Å². The predicted molar refractivity (Wildman–Crippen MR) is 87.8 cm³/mol. The van der Waals surface area contributed by atoms with Gasteiger partial charge in [-0.2, -0.15) is 5.10 Å². The quantitative estimate of drug-likeness (QED) is 0.349. The van der Waals surface area contributed by atoms with Gasteiger partial charge in [-0.15, -0.1) is 0 Å². The number of halogens is 2. The van der Waals surface area contributed by atoms with Gasteiger partial charge >= 0.3 is 0 Å². The topological polar surface area (TPSA) is 92.6 Å². The van der Waals surface area contributed by atoms with Gasteiger partial charge in [0.05, 0.1) is 23.9 Å². The summed E-state index contributed by atoms with van der Waals surface area (Å²) >= 11 is 0. The first-order chi connectivity index (χ1) is 10.9. The van der Waals surface area contributed by atoms with Gasteiger partial charge in [0.2, 0.25) is 5.96 Å². The van der Waals surface area contributed by atoms with E-state index in [9.17, 15) is 8.78 Å². The molecule has 0 aliphatic carbocycles. The first-order valence-corrected chi connectivity index (χ1v) is 6.75. The fourth-order valence-electron chi connectivity index (χ4n) is 1.70. The number of aliphatic imine (C=N–C) groups is 2. The number of anilines is 3. The zero-order valence-corrected chi connectivity index (χ0v) is 12.7. The molecule has 0 saturated heterocycles. The monoisotopic (exact) mass is 321 g/mol. The van der Waals surface area contributed by atoms with E-state index in [1.807, 2.05) is 0 Å². The van der Waals surface area contributed by atoms with E-state index in [0.717, 1.165) is 0 Å². The number of guanidine groups is 1. The summed E-state index contributed by atoms with van der Waals surface area (Å²) in [5.74, 6) is -0.465. The molecule has 0 spiro atoms. The second-order valence-electron chi connectivity index (χ2n) is 4.70. The number of aromatic nitrogens is 2. The smallest absolute Gasteiger partial charge is 0.226 e. The Labute approximate surface area is 131 Å². The Kier molecular flexibility index (Phi) is 5.23. The highest BCUT2D eigenvalue weighted by atomic mass is 19.1. The van der Waals surface area contributed by atoms with Crippen molar-refractivity contribution in [3.05, 3.63) is 36.4 Å². The largest absolute Gasteiger partial charge is 0.399 e. The summed E-state index contributed by atoms with van der Waals surface area (Å²) in [6.07, 6.45) is 2.97. The number of nitrogens with two attached hydrogens (primary N) is 1. The van der Waals surface area contributed by atoms with Gasteiger partial charge in [-0.25, -0.2) is 18.8 Å². The van der Waals surface area contributed by atoms with Crippen molar-refractivity contribution in [2.75, 3.05) is 16.4 Å². The lowest BCUT2D eigenvalue weighted by Crippen LogP contribution is -2.13. The highest BCUT2D eigenvalue weighted by molar-refractivity contribution is 5.99. The molecule has 0 radical (unpaired) electrons. The number of rotatable bonds is 4. The molecule has 0 amide bonds. The first-order valence-electron chi connectivity index (χ1n) is 6.75. The van der Waals surface area contributed by atoms with E-state index in [0.29, 0.717) is 11.4 Å². The lowest BCUT2D eigenvalue weighted by Gasteiger charge is -2.05. The van der Waals surface area contributed by atoms with Crippen LogP contribution < -0.4 is 16.4 Å². The SMILES string of the molecule is CC(F)N=C(N=CNc1cc(N)ccc1F)Nc1cnn(C)c1. The molecule has 1 unspecified atom stereocenters. The van der Waals surface area contributed by atoms with E-state index >= 15 is 0 Å². The average Bonchev–Trinajstić information content (AvgIpc) is 2.87. The van der Waals surface area contributed by atoms with Crippen LogP contribution in [0.2, 0.25) is 0 Å². The molecule has 7 nitrogen and oxygen atoms in total. The summed E-state index contributed by atoms with van der Waals surface area (Å²) in [6, 6.07) is 4.10. The van der Waals surface area contributed by atoms with Crippen molar-refractivity contribution < 1.29 is 8.78 Å². The van der Waals surface area contributed by atoms with Crippen molar-refractivity contribution in [1.29, 1.82) is 0 Å². The summed E-state index contributed by atoms with van der Waals surface area (Å²) in [5, 5.41) is 9.42. The molecule has 2 rings (SSSR count). The molecule has 1 heterocycles. The Morgan fingerprint density at radius 1 is 1.48 bits per heavy atom. The lowest BCUT2D eigenvalue weighted by atomic mass is 10.3. The second kappa shape index (κ2) is 7.34. The molecule has 0 saturated carbocycles. The third-order valence-corrected chi connectivity index (χ3v) is 2.66. The zero-order valence-electron chi connectivity index (χ0n) is 12.7. The van der Waals surface area contributed by atoms with E-state index in [1.165, 1.54) is 31.5 Å². The highest BCUT2D eigenvalue weighted by Crippen LogP contribution is 2.16. The molecule has 1 aromatic carbocycles. The van der Waals surface area contributed by atoms with Crippen molar-refractivity contribution in [3.8, 4) is 0 Å². The fourth-order valence-corrected chi connectivity index (χ4v) is 1.70. The van der Waals surface area contributed by atoms with Crippen LogP contribution in [0.15, 0.2) is 40.6 Å².